The standard InChI is InChI=1S/C29H36N4O6/c1-20(19-34)33-25-28(37)31(14-13-30-15-17-38-18-16-30)11-6-10-29(25)24(27(33)36)23-22(39-29)9-5-12-32(26(23)35)21-7-3-2-4-8-21/h2-10,20,22-25,34H,11-19H2,1H3/t20-,22+,23-,24+,25?,29+/m1/s1. The molecule has 0 aliphatic carbocycles. The summed E-state index contributed by atoms with van der Waals surface area (Å²) in [6.45, 7) is 6.39. The number of carbonyl (C=O) groups is 3. The number of rotatable bonds is 6. The Labute approximate surface area is 228 Å². The molecule has 3 fully saturated rings. The number of hydrogen-bond donors (Lipinski definition) is 1. The Hall–Kier alpha value is -3.05. The van der Waals surface area contributed by atoms with Crippen LogP contribution >= 0.6 is 0 Å². The predicted molar refractivity (Wildman–Crippen MR) is 143 cm³/mol. The third-order valence-corrected chi connectivity index (χ3v) is 8.78. The van der Waals surface area contributed by atoms with Crippen LogP contribution in [-0.4, -0.2) is 120 Å². The maximum atomic E-state index is 14.2. The largest absolute Gasteiger partial charge is 0.394 e. The molecular formula is C29H36N4O6. The monoisotopic (exact) mass is 536 g/mol. The predicted octanol–water partition coefficient (Wildman–Crippen LogP) is 0.282. The number of anilines is 1. The number of ether oxygens (including phenoxy) is 2. The lowest BCUT2D eigenvalue weighted by Gasteiger charge is -2.38. The van der Waals surface area contributed by atoms with E-state index in [1.54, 1.807) is 16.7 Å². The van der Waals surface area contributed by atoms with E-state index in [1.165, 1.54) is 4.90 Å². The van der Waals surface area contributed by atoms with Gasteiger partial charge in [-0.05, 0) is 19.1 Å². The minimum Gasteiger partial charge on any atom is -0.394 e. The van der Waals surface area contributed by atoms with E-state index in [9.17, 15) is 19.5 Å². The zero-order valence-corrected chi connectivity index (χ0v) is 22.2. The third-order valence-electron chi connectivity index (χ3n) is 8.78. The minimum atomic E-state index is -1.29. The van der Waals surface area contributed by atoms with E-state index in [1.807, 2.05) is 54.6 Å². The van der Waals surface area contributed by atoms with Crippen molar-refractivity contribution >= 4 is 23.4 Å². The van der Waals surface area contributed by atoms with E-state index in [0.717, 1.165) is 18.8 Å². The Morgan fingerprint density at radius 1 is 1.00 bits per heavy atom. The molecule has 0 saturated carbocycles. The maximum Gasteiger partial charge on any atom is 0.249 e. The van der Waals surface area contributed by atoms with Crippen molar-refractivity contribution in [1.82, 2.24) is 14.7 Å². The highest BCUT2D eigenvalue weighted by Gasteiger charge is 2.72. The second kappa shape index (κ2) is 10.5. The number of likely N-dealkylation sites (tertiary alicyclic amines) is 1. The molecule has 5 aliphatic rings. The summed E-state index contributed by atoms with van der Waals surface area (Å²) in [7, 11) is 0. The van der Waals surface area contributed by atoms with E-state index in [-0.39, 0.29) is 24.3 Å². The van der Waals surface area contributed by atoms with Gasteiger partial charge in [0.25, 0.3) is 0 Å². The second-order valence-corrected chi connectivity index (χ2v) is 11.0. The van der Waals surface area contributed by atoms with Crippen molar-refractivity contribution in [1.29, 1.82) is 0 Å². The highest BCUT2D eigenvalue weighted by molar-refractivity contribution is 6.03. The second-order valence-electron chi connectivity index (χ2n) is 11.0. The SMILES string of the molecule is C[C@H](CO)N1C(=O)[C@@H]2[C@@H]3C(=O)N(c4ccccc4)CC=C[C@@H]3O[C@@]23C=CCN(CCN2CCOCC2)C(=O)C13. The van der Waals surface area contributed by atoms with Crippen LogP contribution in [0.3, 0.4) is 0 Å². The lowest BCUT2D eigenvalue weighted by molar-refractivity contribution is -0.150. The van der Waals surface area contributed by atoms with Crippen LogP contribution in [0.1, 0.15) is 6.92 Å². The Kier molecular flexibility index (Phi) is 7.05. The van der Waals surface area contributed by atoms with Crippen LogP contribution < -0.4 is 4.90 Å². The Morgan fingerprint density at radius 3 is 2.51 bits per heavy atom. The van der Waals surface area contributed by atoms with Crippen molar-refractivity contribution in [3.8, 4) is 0 Å². The van der Waals surface area contributed by atoms with E-state index in [0.29, 0.717) is 39.4 Å². The van der Waals surface area contributed by atoms with Gasteiger partial charge >= 0.3 is 0 Å². The number of aliphatic hydroxyl groups excluding tert-OH is 1. The van der Waals surface area contributed by atoms with Crippen LogP contribution in [0, 0.1) is 11.8 Å². The maximum absolute atomic E-state index is 14.2. The topological polar surface area (TPSA) is 103 Å². The molecule has 10 heteroatoms. The number of aliphatic hydroxyl groups is 1. The number of para-hydroxylation sites is 1. The highest BCUT2D eigenvalue weighted by atomic mass is 16.5. The highest BCUT2D eigenvalue weighted by Crippen LogP contribution is 2.54. The normalized spacial score (nSPS) is 33.6. The van der Waals surface area contributed by atoms with Crippen LogP contribution in [0.2, 0.25) is 0 Å². The van der Waals surface area contributed by atoms with Crippen molar-refractivity contribution in [3.63, 3.8) is 0 Å². The molecule has 6 atom stereocenters. The average molecular weight is 537 g/mol. The van der Waals surface area contributed by atoms with Gasteiger partial charge in [-0.2, -0.15) is 0 Å². The Balaban J connectivity index is 1.35. The van der Waals surface area contributed by atoms with E-state index < -0.39 is 35.6 Å². The van der Waals surface area contributed by atoms with Gasteiger partial charge in [0.15, 0.2) is 0 Å². The summed E-state index contributed by atoms with van der Waals surface area (Å²) in [5.74, 6) is -2.39. The molecule has 6 rings (SSSR count). The molecule has 39 heavy (non-hydrogen) atoms. The number of carbonyl (C=O) groups excluding carboxylic acids is 3. The number of benzene rings is 1. The summed E-state index contributed by atoms with van der Waals surface area (Å²) in [5.41, 5.74) is -0.543. The molecule has 10 nitrogen and oxygen atoms in total. The first-order chi connectivity index (χ1) is 19.0. The number of nitrogens with zero attached hydrogens (tertiary/aromatic N) is 4. The van der Waals surface area contributed by atoms with Crippen molar-refractivity contribution in [2.24, 2.45) is 11.8 Å². The minimum absolute atomic E-state index is 0.196. The lowest BCUT2D eigenvalue weighted by atomic mass is 9.77. The van der Waals surface area contributed by atoms with Gasteiger partial charge in [0.2, 0.25) is 17.7 Å². The summed E-state index contributed by atoms with van der Waals surface area (Å²) in [4.78, 5) is 49.7. The van der Waals surface area contributed by atoms with Crippen LogP contribution in [0.25, 0.3) is 0 Å². The van der Waals surface area contributed by atoms with Gasteiger partial charge in [-0.3, -0.25) is 19.3 Å². The Bertz CT molecular complexity index is 1170. The van der Waals surface area contributed by atoms with Gasteiger partial charge in [0.1, 0.15) is 11.6 Å². The van der Waals surface area contributed by atoms with Crippen LogP contribution in [0.15, 0.2) is 54.6 Å². The molecule has 3 saturated heterocycles. The molecule has 5 heterocycles. The fourth-order valence-electron chi connectivity index (χ4n) is 6.81. The molecule has 1 spiro atoms. The first-order valence-corrected chi connectivity index (χ1v) is 13.9. The molecule has 1 N–H and O–H groups in total. The van der Waals surface area contributed by atoms with Crippen molar-refractivity contribution in [2.75, 3.05) is 64.0 Å². The quantitative estimate of drug-likeness (QED) is 0.521. The molecule has 5 aliphatic heterocycles. The summed E-state index contributed by atoms with van der Waals surface area (Å²) >= 11 is 0. The fraction of sp³-hybridized carbons (Fsp3) is 0.552. The molecule has 1 aromatic rings. The first kappa shape index (κ1) is 26.2. The lowest BCUT2D eigenvalue weighted by Crippen LogP contribution is -2.58. The molecule has 1 aromatic carbocycles. The fourth-order valence-corrected chi connectivity index (χ4v) is 6.81. The molecule has 0 radical (unpaired) electrons. The van der Waals surface area contributed by atoms with Crippen molar-refractivity contribution < 1.29 is 29.0 Å². The zero-order chi connectivity index (χ0) is 27.1. The molecule has 208 valence electrons. The third kappa shape index (κ3) is 4.30. The van der Waals surface area contributed by atoms with Crippen molar-refractivity contribution in [2.45, 2.75) is 30.7 Å². The molecule has 3 amide bonds. The molecule has 0 aromatic heterocycles. The smallest absolute Gasteiger partial charge is 0.249 e. The van der Waals surface area contributed by atoms with Crippen molar-refractivity contribution in [3.05, 3.63) is 54.6 Å². The number of fused-ring (bicyclic) bond motifs is 2. The summed E-state index contributed by atoms with van der Waals surface area (Å²) in [6.07, 6.45) is 6.88. The Morgan fingerprint density at radius 2 is 1.77 bits per heavy atom. The van der Waals surface area contributed by atoms with Gasteiger partial charge in [-0.1, -0.05) is 42.5 Å². The van der Waals surface area contributed by atoms with Gasteiger partial charge in [0, 0.05) is 45.0 Å². The molecule has 1 unspecified atom stereocenters. The number of amides is 3. The van der Waals surface area contributed by atoms with E-state index in [4.69, 9.17) is 9.47 Å². The van der Waals surface area contributed by atoms with Gasteiger partial charge < -0.3 is 29.3 Å². The zero-order valence-electron chi connectivity index (χ0n) is 22.2. The summed E-state index contributed by atoms with van der Waals surface area (Å²) in [6, 6.07) is 7.83. The molecule has 0 bridgehead atoms. The average Bonchev–Trinajstić information content (AvgIpc) is 3.29. The van der Waals surface area contributed by atoms with Gasteiger partial charge in [0.05, 0.1) is 43.8 Å². The van der Waals surface area contributed by atoms with E-state index >= 15 is 0 Å². The first-order valence-electron chi connectivity index (χ1n) is 13.9. The summed E-state index contributed by atoms with van der Waals surface area (Å²) in [5, 5.41) is 10.1. The van der Waals surface area contributed by atoms with Gasteiger partial charge in [-0.25, -0.2) is 0 Å². The summed E-state index contributed by atoms with van der Waals surface area (Å²) < 4.78 is 12.1. The van der Waals surface area contributed by atoms with Crippen LogP contribution in [-0.2, 0) is 23.9 Å². The van der Waals surface area contributed by atoms with Crippen LogP contribution in [0.5, 0.6) is 0 Å². The van der Waals surface area contributed by atoms with Gasteiger partial charge in [-0.15, -0.1) is 0 Å². The molecular weight excluding hydrogens is 500 g/mol. The number of morpholine rings is 1. The van der Waals surface area contributed by atoms with E-state index in [2.05, 4.69) is 4.90 Å². The van der Waals surface area contributed by atoms with Crippen LogP contribution in [0.4, 0.5) is 5.69 Å². The number of hydrogen-bond acceptors (Lipinski definition) is 7.